The van der Waals surface area contributed by atoms with Crippen LogP contribution in [0.3, 0.4) is 0 Å². The molecule has 1 saturated heterocycles. The van der Waals surface area contributed by atoms with Gasteiger partial charge in [-0.15, -0.1) is 0 Å². The molecule has 5 nitrogen and oxygen atoms in total. The van der Waals surface area contributed by atoms with Gasteiger partial charge in [0.25, 0.3) is 0 Å². The van der Waals surface area contributed by atoms with E-state index in [2.05, 4.69) is 10.6 Å². The zero-order valence-electron chi connectivity index (χ0n) is 8.79. The predicted octanol–water partition coefficient (Wildman–Crippen LogP) is -1.16. The predicted molar refractivity (Wildman–Crippen MR) is 53.9 cm³/mol. The fourth-order valence-corrected chi connectivity index (χ4v) is 1.11. The van der Waals surface area contributed by atoms with E-state index >= 15 is 0 Å². The third kappa shape index (κ3) is 5.90. The van der Waals surface area contributed by atoms with Gasteiger partial charge < -0.3 is 20.8 Å². The van der Waals surface area contributed by atoms with E-state index in [0.717, 1.165) is 0 Å². The number of aliphatic hydroxyl groups excluding tert-OH is 2. The smallest absolute Gasteiger partial charge is 0.219 e. The molecule has 1 aliphatic rings. The molecule has 14 heavy (non-hydrogen) atoms. The summed E-state index contributed by atoms with van der Waals surface area (Å²) in [5.41, 5.74) is 0. The van der Waals surface area contributed by atoms with Crippen LogP contribution in [0.1, 0.15) is 19.8 Å². The van der Waals surface area contributed by atoms with Gasteiger partial charge in [0.05, 0.1) is 12.7 Å². The van der Waals surface area contributed by atoms with Gasteiger partial charge in [0, 0.05) is 26.1 Å². The van der Waals surface area contributed by atoms with E-state index in [1.54, 1.807) is 7.05 Å². The molecule has 0 aromatic rings. The van der Waals surface area contributed by atoms with Crippen molar-refractivity contribution < 1.29 is 15.0 Å². The van der Waals surface area contributed by atoms with Crippen LogP contribution in [-0.2, 0) is 4.79 Å². The average Bonchev–Trinajstić information content (AvgIpc) is 2.64. The molecule has 2 unspecified atom stereocenters. The first-order chi connectivity index (χ1) is 6.63. The number of nitrogens with one attached hydrogen (secondary N) is 2. The minimum atomic E-state index is -0.243. The van der Waals surface area contributed by atoms with Gasteiger partial charge in [0.2, 0.25) is 5.91 Å². The molecular formula is C9H20N2O3. The van der Waals surface area contributed by atoms with Gasteiger partial charge in [-0.05, 0) is 6.42 Å². The van der Waals surface area contributed by atoms with Crippen LogP contribution in [0.2, 0.25) is 0 Å². The highest BCUT2D eigenvalue weighted by molar-refractivity contribution is 5.74. The molecule has 0 aromatic heterocycles. The lowest BCUT2D eigenvalue weighted by Gasteiger charge is -2.01. The molecule has 0 bridgehead atoms. The first-order valence-corrected chi connectivity index (χ1v) is 4.86. The summed E-state index contributed by atoms with van der Waals surface area (Å²) in [6, 6.07) is 0.130. The van der Waals surface area contributed by atoms with Gasteiger partial charge >= 0.3 is 0 Å². The van der Waals surface area contributed by atoms with Crippen molar-refractivity contribution in [3.63, 3.8) is 0 Å². The van der Waals surface area contributed by atoms with Crippen LogP contribution in [-0.4, -0.2) is 48.5 Å². The molecule has 1 heterocycles. The van der Waals surface area contributed by atoms with Crippen LogP contribution in [0.15, 0.2) is 0 Å². The molecule has 5 heteroatoms. The lowest BCUT2D eigenvalue weighted by atomic mass is 10.2. The molecular weight excluding hydrogens is 184 g/mol. The molecule has 0 spiro atoms. The summed E-state index contributed by atoms with van der Waals surface area (Å²) in [5.74, 6) is 0.0926. The Morgan fingerprint density at radius 1 is 1.64 bits per heavy atom. The number of rotatable bonds is 2. The first-order valence-electron chi connectivity index (χ1n) is 4.86. The Hall–Kier alpha value is -0.650. The lowest BCUT2D eigenvalue weighted by Crippen LogP contribution is -2.24. The van der Waals surface area contributed by atoms with Crippen molar-refractivity contribution in [1.82, 2.24) is 10.6 Å². The molecule has 1 rings (SSSR count). The Kier molecular flexibility index (Phi) is 7.37. The number of hydrogen-bond acceptors (Lipinski definition) is 4. The largest absolute Gasteiger partial charge is 0.395 e. The van der Waals surface area contributed by atoms with Gasteiger partial charge in [-0.3, -0.25) is 4.79 Å². The Bertz CT molecular complexity index is 158. The lowest BCUT2D eigenvalue weighted by molar-refractivity contribution is -0.120. The maximum Gasteiger partial charge on any atom is 0.219 e. The molecule has 1 fully saturated rings. The van der Waals surface area contributed by atoms with Gasteiger partial charge in [0.15, 0.2) is 0 Å². The maximum absolute atomic E-state index is 10.1. The van der Waals surface area contributed by atoms with E-state index in [9.17, 15) is 4.79 Å². The molecule has 84 valence electrons. The van der Waals surface area contributed by atoms with Crippen molar-refractivity contribution >= 4 is 5.91 Å². The van der Waals surface area contributed by atoms with Crippen molar-refractivity contribution in [2.24, 2.45) is 0 Å². The summed E-state index contributed by atoms with van der Waals surface area (Å²) < 4.78 is 0. The van der Waals surface area contributed by atoms with Crippen molar-refractivity contribution in [2.75, 3.05) is 20.2 Å². The highest BCUT2D eigenvalue weighted by Crippen LogP contribution is 2.03. The monoisotopic (exact) mass is 204 g/mol. The minimum absolute atomic E-state index is 0.0926. The number of carbonyl (C=O) groups excluding carboxylic acids is 1. The van der Waals surface area contributed by atoms with Gasteiger partial charge in [-0.25, -0.2) is 0 Å². The highest BCUT2D eigenvalue weighted by atomic mass is 16.3. The molecule has 0 aliphatic carbocycles. The minimum Gasteiger partial charge on any atom is -0.395 e. The van der Waals surface area contributed by atoms with Crippen molar-refractivity contribution in [1.29, 1.82) is 0 Å². The van der Waals surface area contributed by atoms with Crippen LogP contribution >= 0.6 is 0 Å². The van der Waals surface area contributed by atoms with Crippen LogP contribution in [0, 0.1) is 0 Å². The molecule has 0 radical (unpaired) electrons. The highest BCUT2D eigenvalue weighted by Gasteiger charge is 2.20. The summed E-state index contributed by atoms with van der Waals surface area (Å²) in [6.45, 7) is 2.58. The Balaban J connectivity index is 0.000000255. The summed E-state index contributed by atoms with van der Waals surface area (Å²) in [5, 5.41) is 22.8. The summed E-state index contributed by atoms with van der Waals surface area (Å²) in [7, 11) is 1.63. The van der Waals surface area contributed by atoms with E-state index in [0.29, 0.717) is 19.4 Å². The fourth-order valence-electron chi connectivity index (χ4n) is 1.11. The number of amides is 1. The van der Waals surface area contributed by atoms with Gasteiger partial charge in [0.1, 0.15) is 0 Å². The summed E-state index contributed by atoms with van der Waals surface area (Å²) in [6.07, 6.45) is 1.03. The third-order valence-electron chi connectivity index (χ3n) is 2.02. The number of β-amino-alcohol motifs (C(OH)–C–C–N with tert-alkyl or cyclic N) is 1. The van der Waals surface area contributed by atoms with E-state index in [4.69, 9.17) is 10.2 Å². The van der Waals surface area contributed by atoms with Gasteiger partial charge in [-0.2, -0.15) is 0 Å². The number of carbonyl (C=O) groups is 1. The van der Waals surface area contributed by atoms with E-state index < -0.39 is 0 Å². The second-order valence-electron chi connectivity index (χ2n) is 3.20. The quantitative estimate of drug-likeness (QED) is 0.457. The number of hydrogen-bond donors (Lipinski definition) is 4. The van der Waals surface area contributed by atoms with Crippen molar-refractivity contribution in [2.45, 2.75) is 31.9 Å². The Morgan fingerprint density at radius 2 is 2.29 bits per heavy atom. The van der Waals surface area contributed by atoms with E-state index in [-0.39, 0.29) is 24.7 Å². The topological polar surface area (TPSA) is 81.6 Å². The molecule has 1 aliphatic heterocycles. The second-order valence-corrected chi connectivity index (χ2v) is 3.20. The SMILES string of the molecule is CCC(=O)NC.OCC1CC(O)CN1. The van der Waals surface area contributed by atoms with Crippen molar-refractivity contribution in [3.05, 3.63) is 0 Å². The summed E-state index contributed by atoms with van der Waals surface area (Å²) >= 11 is 0. The molecule has 1 amide bonds. The Labute approximate surface area is 84.5 Å². The third-order valence-corrected chi connectivity index (χ3v) is 2.02. The zero-order valence-corrected chi connectivity index (χ0v) is 8.79. The molecule has 2 atom stereocenters. The summed E-state index contributed by atoms with van der Waals surface area (Å²) in [4.78, 5) is 10.1. The molecule has 0 saturated carbocycles. The van der Waals surface area contributed by atoms with Crippen LogP contribution in [0.25, 0.3) is 0 Å². The van der Waals surface area contributed by atoms with Crippen LogP contribution in [0.4, 0.5) is 0 Å². The fraction of sp³-hybridized carbons (Fsp3) is 0.889. The standard InChI is InChI=1S/C5H11NO2.C4H9NO/c7-3-4-1-5(8)2-6-4;1-3-4(6)5-2/h4-8H,1-3H2;3H2,1-2H3,(H,5,6). The average molecular weight is 204 g/mol. The van der Waals surface area contributed by atoms with Crippen molar-refractivity contribution in [3.8, 4) is 0 Å². The van der Waals surface area contributed by atoms with Crippen LogP contribution in [0.5, 0.6) is 0 Å². The van der Waals surface area contributed by atoms with Gasteiger partial charge in [-0.1, -0.05) is 6.92 Å². The van der Waals surface area contributed by atoms with Crippen LogP contribution < -0.4 is 10.6 Å². The Morgan fingerprint density at radius 3 is 2.43 bits per heavy atom. The first kappa shape index (κ1) is 13.4. The molecule has 4 N–H and O–H groups in total. The van der Waals surface area contributed by atoms with E-state index in [1.807, 2.05) is 6.92 Å². The molecule has 0 aromatic carbocycles. The second kappa shape index (κ2) is 7.73. The zero-order chi connectivity index (χ0) is 11.0. The number of aliphatic hydroxyl groups is 2. The maximum atomic E-state index is 10.1. The van der Waals surface area contributed by atoms with E-state index in [1.165, 1.54) is 0 Å². The normalized spacial score (nSPS) is 25.1.